The first-order chi connectivity index (χ1) is 22.6. The molecule has 0 radical (unpaired) electrons. The average molecular weight is 683 g/mol. The Balaban J connectivity index is 1.34. The minimum atomic E-state index is -4.55. The molecule has 0 spiro atoms. The largest absolute Gasteiger partial charge is 0.484 e. The van der Waals surface area contributed by atoms with Gasteiger partial charge in [-0.2, -0.15) is 22.0 Å². The molecule has 0 N–H and O–H groups in total. The number of carbonyl (C=O) groups is 2. The van der Waals surface area contributed by atoms with Crippen molar-refractivity contribution < 1.29 is 60.3 Å². The zero-order valence-electron chi connectivity index (χ0n) is 24.8. The summed E-state index contributed by atoms with van der Waals surface area (Å²) >= 11 is 0. The second-order valence-corrected chi connectivity index (χ2v) is 9.92. The predicted octanol–water partition coefficient (Wildman–Crippen LogP) is 7.55. The second-order valence-electron chi connectivity index (χ2n) is 9.92. The number of alkyl halides is 5. The highest BCUT2D eigenvalue weighted by Crippen LogP contribution is 2.33. The number of hydrogen-bond donors (Lipinski definition) is 0. The third-order valence-corrected chi connectivity index (χ3v) is 6.21. The van der Waals surface area contributed by atoms with Crippen molar-refractivity contribution in [2.75, 3.05) is 19.8 Å². The van der Waals surface area contributed by atoms with Crippen molar-refractivity contribution in [3.05, 3.63) is 110 Å². The summed E-state index contributed by atoms with van der Waals surface area (Å²) in [5.41, 5.74) is -1.65. The predicted molar refractivity (Wildman–Crippen MR) is 157 cm³/mol. The van der Waals surface area contributed by atoms with Gasteiger partial charge in [-0.1, -0.05) is 12.1 Å². The van der Waals surface area contributed by atoms with Crippen LogP contribution in [0.1, 0.15) is 47.2 Å². The van der Waals surface area contributed by atoms with E-state index in [0.29, 0.717) is 31.2 Å². The molecule has 0 aliphatic rings. The number of halogens is 5. The number of nitro groups is 2. The van der Waals surface area contributed by atoms with E-state index >= 15 is 0 Å². The molecule has 0 saturated heterocycles. The molecule has 0 heterocycles. The lowest BCUT2D eigenvalue weighted by atomic mass is 10.1. The van der Waals surface area contributed by atoms with Crippen LogP contribution < -0.4 is 9.47 Å². The van der Waals surface area contributed by atoms with Gasteiger partial charge in [0.2, 0.25) is 0 Å². The van der Waals surface area contributed by atoms with Crippen LogP contribution >= 0.6 is 0 Å². The zero-order valence-corrected chi connectivity index (χ0v) is 24.8. The molecule has 256 valence electrons. The fourth-order valence-corrected chi connectivity index (χ4v) is 3.88. The Hall–Kier alpha value is -5.61. The minimum Gasteiger partial charge on any atom is -0.484 e. The summed E-state index contributed by atoms with van der Waals surface area (Å²) in [5, 5.41) is 21.9. The Morgan fingerprint density at radius 3 is 1.81 bits per heavy atom. The van der Waals surface area contributed by atoms with Gasteiger partial charge in [0.15, 0.2) is 6.61 Å². The summed E-state index contributed by atoms with van der Waals surface area (Å²) in [6.45, 7) is -1.48. The van der Waals surface area contributed by atoms with Crippen LogP contribution in [0.15, 0.2) is 72.8 Å². The van der Waals surface area contributed by atoms with E-state index in [1.165, 1.54) is 18.2 Å². The Kier molecular flexibility index (Phi) is 12.9. The van der Waals surface area contributed by atoms with E-state index in [1.54, 1.807) is 0 Å². The van der Waals surface area contributed by atoms with Crippen molar-refractivity contribution in [2.45, 2.75) is 38.0 Å². The van der Waals surface area contributed by atoms with Gasteiger partial charge < -0.3 is 18.9 Å². The van der Waals surface area contributed by atoms with Crippen molar-refractivity contribution in [3.8, 4) is 11.5 Å². The lowest BCUT2D eigenvalue weighted by Gasteiger charge is -2.18. The van der Waals surface area contributed by atoms with Crippen LogP contribution in [-0.4, -0.2) is 47.8 Å². The van der Waals surface area contributed by atoms with E-state index in [-0.39, 0.29) is 30.3 Å². The fraction of sp³-hybridized carbons (Fsp3) is 0.290. The Bertz CT molecular complexity index is 1580. The van der Waals surface area contributed by atoms with Crippen LogP contribution in [0.4, 0.5) is 33.3 Å². The Labute approximate surface area is 269 Å². The smallest absolute Gasteiger partial charge is 0.426 e. The Morgan fingerprint density at radius 1 is 0.729 bits per heavy atom. The van der Waals surface area contributed by atoms with Gasteiger partial charge in [0.1, 0.15) is 11.5 Å². The van der Waals surface area contributed by atoms with Gasteiger partial charge >= 0.3 is 24.2 Å². The molecular weight excluding hydrogens is 655 g/mol. The van der Waals surface area contributed by atoms with Gasteiger partial charge in [0, 0.05) is 18.2 Å². The molecule has 0 aliphatic carbocycles. The number of esters is 2. The standard InChI is InChI=1S/C31H27F5N2O10/c32-30(33,34)20-47-26-10-12-27(13-11-26)48-31(35,36)23-8-5-21(6-9-23)7-14-28(39)45-15-3-1-2-4-16-46-29(40)22-17-24(37(41)42)19-25(18-22)38(43)44/h5-14,17-19H,1-4,15-16,20H2. The minimum absolute atomic E-state index is 0.0361. The third-order valence-electron chi connectivity index (χ3n) is 6.21. The van der Waals surface area contributed by atoms with E-state index in [1.807, 2.05) is 0 Å². The molecule has 3 aromatic carbocycles. The number of unbranched alkanes of at least 4 members (excludes halogenated alkanes) is 3. The maximum Gasteiger partial charge on any atom is 0.426 e. The van der Waals surface area contributed by atoms with E-state index in [9.17, 15) is 51.8 Å². The highest BCUT2D eigenvalue weighted by Gasteiger charge is 2.34. The van der Waals surface area contributed by atoms with Gasteiger partial charge in [-0.15, -0.1) is 0 Å². The van der Waals surface area contributed by atoms with Crippen LogP contribution in [-0.2, 0) is 20.4 Å². The SMILES string of the molecule is O=C(C=Cc1ccc(C(F)(F)Oc2ccc(OCC(F)(F)F)cc2)cc1)OCCCCCCOC(=O)c1cc([N+](=O)[O-])cc([N+](=O)[O-])c1. The average Bonchev–Trinajstić information content (AvgIpc) is 3.04. The van der Waals surface area contributed by atoms with Gasteiger partial charge in [0.25, 0.3) is 11.4 Å². The molecule has 48 heavy (non-hydrogen) atoms. The first-order valence-corrected chi connectivity index (χ1v) is 14.1. The zero-order chi connectivity index (χ0) is 35.3. The van der Waals surface area contributed by atoms with Crippen LogP contribution in [0.3, 0.4) is 0 Å². The summed E-state index contributed by atoms with van der Waals surface area (Å²) in [4.78, 5) is 44.3. The summed E-state index contributed by atoms with van der Waals surface area (Å²) in [6, 6.07) is 11.5. The summed E-state index contributed by atoms with van der Waals surface area (Å²) in [5.74, 6) is -2.09. The number of carbonyl (C=O) groups excluding carboxylic acids is 2. The molecule has 0 atom stereocenters. The lowest BCUT2D eigenvalue weighted by molar-refractivity contribution is -0.394. The fourth-order valence-electron chi connectivity index (χ4n) is 3.88. The van der Waals surface area contributed by atoms with Crippen molar-refractivity contribution in [1.82, 2.24) is 0 Å². The lowest BCUT2D eigenvalue weighted by Crippen LogP contribution is -2.22. The maximum absolute atomic E-state index is 14.6. The molecular formula is C31H27F5N2O10. The molecule has 0 fully saturated rings. The molecule has 0 saturated carbocycles. The van der Waals surface area contributed by atoms with Crippen molar-refractivity contribution in [3.63, 3.8) is 0 Å². The number of non-ortho nitro benzene ring substituents is 2. The van der Waals surface area contributed by atoms with Gasteiger partial charge in [0.05, 0.1) is 40.3 Å². The first kappa shape index (κ1) is 36.9. The quantitative estimate of drug-likeness (QED) is 0.0348. The van der Waals surface area contributed by atoms with Crippen molar-refractivity contribution in [2.24, 2.45) is 0 Å². The molecule has 12 nitrogen and oxygen atoms in total. The van der Waals surface area contributed by atoms with Crippen LogP contribution in [0.25, 0.3) is 6.08 Å². The summed E-state index contributed by atoms with van der Waals surface area (Å²) in [7, 11) is 0. The summed E-state index contributed by atoms with van der Waals surface area (Å²) < 4.78 is 85.2. The third kappa shape index (κ3) is 12.3. The molecule has 3 rings (SSSR count). The molecule has 3 aromatic rings. The number of benzene rings is 3. The van der Waals surface area contributed by atoms with E-state index in [2.05, 4.69) is 4.74 Å². The molecule has 0 aromatic heterocycles. The molecule has 0 aliphatic heterocycles. The number of ether oxygens (including phenoxy) is 4. The van der Waals surface area contributed by atoms with Crippen molar-refractivity contribution >= 4 is 29.4 Å². The van der Waals surface area contributed by atoms with Crippen LogP contribution in [0.5, 0.6) is 11.5 Å². The highest BCUT2D eigenvalue weighted by atomic mass is 19.4. The number of rotatable bonds is 17. The molecule has 0 unspecified atom stereocenters. The molecule has 0 amide bonds. The van der Waals surface area contributed by atoms with Gasteiger partial charge in [-0.25, -0.2) is 9.59 Å². The van der Waals surface area contributed by atoms with Crippen molar-refractivity contribution in [1.29, 1.82) is 0 Å². The molecule has 17 heteroatoms. The van der Waals surface area contributed by atoms with Gasteiger partial charge in [-0.05, 0) is 73.7 Å². The monoisotopic (exact) mass is 682 g/mol. The first-order valence-electron chi connectivity index (χ1n) is 14.1. The number of hydrogen-bond acceptors (Lipinski definition) is 10. The Morgan fingerprint density at radius 2 is 1.27 bits per heavy atom. The van der Waals surface area contributed by atoms with Crippen LogP contribution in [0, 0.1) is 20.2 Å². The second kappa shape index (κ2) is 16.8. The summed E-state index contributed by atoms with van der Waals surface area (Å²) in [6.07, 6.45) is -3.76. The van der Waals surface area contributed by atoms with E-state index in [4.69, 9.17) is 14.2 Å². The van der Waals surface area contributed by atoms with Crippen LogP contribution in [0.2, 0.25) is 0 Å². The normalized spacial score (nSPS) is 11.6. The van der Waals surface area contributed by atoms with E-state index in [0.717, 1.165) is 60.7 Å². The maximum atomic E-state index is 14.6. The molecule has 0 bridgehead atoms. The number of nitrogens with zero attached hydrogens (tertiary/aromatic N) is 2. The van der Waals surface area contributed by atoms with Gasteiger partial charge in [-0.3, -0.25) is 20.2 Å². The number of nitro benzene ring substituents is 2. The highest BCUT2D eigenvalue weighted by molar-refractivity contribution is 5.91. The van der Waals surface area contributed by atoms with E-state index < -0.39 is 57.6 Å². The topological polar surface area (TPSA) is 157 Å².